The number of hydrogen-bond acceptors (Lipinski definition) is 6. The second-order valence-electron chi connectivity index (χ2n) is 7.27. The highest BCUT2D eigenvalue weighted by Crippen LogP contribution is 2.29. The van der Waals surface area contributed by atoms with Gasteiger partial charge in [-0.05, 0) is 61.4 Å². The van der Waals surface area contributed by atoms with Crippen molar-refractivity contribution in [1.29, 1.82) is 0 Å². The van der Waals surface area contributed by atoms with E-state index in [1.807, 2.05) is 5.38 Å². The number of aromatic nitrogens is 1. The molecule has 0 atom stereocenters. The number of nitrogens with zero attached hydrogens (tertiary/aromatic N) is 2. The molecule has 3 aromatic rings. The number of non-ortho nitro benzene ring substituents is 1. The Hall–Kier alpha value is -3.26. The third-order valence-corrected chi connectivity index (χ3v) is 5.88. The first-order valence-corrected chi connectivity index (χ1v) is 10.6. The second kappa shape index (κ2) is 8.62. The Morgan fingerprint density at radius 2 is 2.00 bits per heavy atom. The van der Waals surface area contributed by atoms with Gasteiger partial charge in [-0.3, -0.25) is 20.2 Å². The number of carbonyl (C=O) groups excluding carboxylic acids is 1. The summed E-state index contributed by atoms with van der Waals surface area (Å²) in [6.07, 6.45) is 4.72. The Bertz CT molecular complexity index is 1110. The maximum Gasteiger partial charge on any atom is 0.269 e. The van der Waals surface area contributed by atoms with Gasteiger partial charge in [0.25, 0.3) is 11.6 Å². The molecule has 1 N–H and O–H groups in total. The standard InChI is InChI=1S/C22H21N3O4S/c1-14-10-18(25(27)28)8-9-20(14)29-12-21(26)24-22-23-19(13-30-22)17-7-6-15-4-2-3-5-16(15)11-17/h6-11,13H,2-5,12H2,1H3,(H,23,24,26). The molecule has 7 nitrogen and oxygen atoms in total. The van der Waals surface area contributed by atoms with Crippen LogP contribution in [0.25, 0.3) is 11.3 Å². The van der Waals surface area contributed by atoms with Gasteiger partial charge in [-0.25, -0.2) is 4.98 Å². The van der Waals surface area contributed by atoms with Crippen molar-refractivity contribution in [1.82, 2.24) is 4.98 Å². The summed E-state index contributed by atoms with van der Waals surface area (Å²) in [6.45, 7) is 1.50. The normalized spacial score (nSPS) is 12.8. The number of anilines is 1. The van der Waals surface area contributed by atoms with Crippen LogP contribution >= 0.6 is 11.3 Å². The minimum absolute atomic E-state index is 0.0122. The maximum absolute atomic E-state index is 12.2. The van der Waals surface area contributed by atoms with Gasteiger partial charge in [-0.1, -0.05) is 12.1 Å². The summed E-state index contributed by atoms with van der Waals surface area (Å²) in [5.74, 6) is 0.101. The molecule has 8 heteroatoms. The topological polar surface area (TPSA) is 94.4 Å². The maximum atomic E-state index is 12.2. The van der Waals surface area contributed by atoms with E-state index in [2.05, 4.69) is 28.5 Å². The van der Waals surface area contributed by atoms with E-state index in [0.29, 0.717) is 16.4 Å². The first kappa shape index (κ1) is 20.0. The molecule has 0 spiro atoms. The van der Waals surface area contributed by atoms with E-state index in [-0.39, 0.29) is 18.2 Å². The van der Waals surface area contributed by atoms with Crippen molar-refractivity contribution in [3.05, 3.63) is 68.6 Å². The summed E-state index contributed by atoms with van der Waals surface area (Å²) in [5, 5.41) is 16.0. The Morgan fingerprint density at radius 3 is 2.77 bits per heavy atom. The van der Waals surface area contributed by atoms with Crippen LogP contribution in [-0.4, -0.2) is 22.4 Å². The van der Waals surface area contributed by atoms with Gasteiger partial charge in [0.15, 0.2) is 11.7 Å². The van der Waals surface area contributed by atoms with E-state index >= 15 is 0 Å². The Labute approximate surface area is 177 Å². The molecule has 1 aliphatic carbocycles. The number of fused-ring (bicyclic) bond motifs is 1. The lowest BCUT2D eigenvalue weighted by Gasteiger charge is -2.16. The zero-order valence-corrected chi connectivity index (χ0v) is 17.3. The quantitative estimate of drug-likeness (QED) is 0.448. The molecular weight excluding hydrogens is 402 g/mol. The first-order chi connectivity index (χ1) is 14.5. The molecule has 4 rings (SSSR count). The van der Waals surface area contributed by atoms with Crippen molar-refractivity contribution in [2.75, 3.05) is 11.9 Å². The van der Waals surface area contributed by atoms with Gasteiger partial charge in [-0.15, -0.1) is 11.3 Å². The molecule has 0 saturated carbocycles. The zero-order chi connectivity index (χ0) is 21.1. The minimum Gasteiger partial charge on any atom is -0.483 e. The molecule has 2 aromatic carbocycles. The summed E-state index contributed by atoms with van der Waals surface area (Å²) in [5.41, 5.74) is 5.31. The SMILES string of the molecule is Cc1cc([N+](=O)[O-])ccc1OCC(=O)Nc1nc(-c2ccc3c(c2)CCCC3)cs1. The third kappa shape index (κ3) is 4.49. The molecule has 0 bridgehead atoms. The Kier molecular flexibility index (Phi) is 5.76. The summed E-state index contributed by atoms with van der Waals surface area (Å²) in [4.78, 5) is 27.1. The second-order valence-corrected chi connectivity index (χ2v) is 8.13. The van der Waals surface area contributed by atoms with Crippen LogP contribution in [-0.2, 0) is 17.6 Å². The summed E-state index contributed by atoms with van der Waals surface area (Å²) in [6, 6.07) is 10.7. The lowest BCUT2D eigenvalue weighted by atomic mass is 9.90. The van der Waals surface area contributed by atoms with E-state index in [4.69, 9.17) is 4.74 Å². The number of benzene rings is 2. The molecule has 154 valence electrons. The van der Waals surface area contributed by atoms with Crippen molar-refractivity contribution in [2.45, 2.75) is 32.6 Å². The van der Waals surface area contributed by atoms with E-state index < -0.39 is 4.92 Å². The van der Waals surface area contributed by atoms with Crippen LogP contribution in [0.4, 0.5) is 10.8 Å². The van der Waals surface area contributed by atoms with Gasteiger partial charge in [0.1, 0.15) is 5.75 Å². The van der Waals surface area contributed by atoms with Crippen LogP contribution < -0.4 is 10.1 Å². The van der Waals surface area contributed by atoms with Crippen molar-refractivity contribution in [3.8, 4) is 17.0 Å². The molecule has 1 aromatic heterocycles. The van der Waals surface area contributed by atoms with Crippen LogP contribution in [0.15, 0.2) is 41.8 Å². The molecular formula is C22H21N3O4S. The fourth-order valence-corrected chi connectivity index (χ4v) is 4.30. The number of amides is 1. The van der Waals surface area contributed by atoms with E-state index in [1.165, 1.54) is 53.5 Å². The molecule has 0 radical (unpaired) electrons. The van der Waals surface area contributed by atoms with Crippen molar-refractivity contribution < 1.29 is 14.5 Å². The van der Waals surface area contributed by atoms with Gasteiger partial charge in [0.05, 0.1) is 10.6 Å². The van der Waals surface area contributed by atoms with Gasteiger partial charge in [0, 0.05) is 23.1 Å². The highest BCUT2D eigenvalue weighted by molar-refractivity contribution is 7.14. The molecule has 0 fully saturated rings. The molecule has 1 amide bonds. The number of nitro benzene ring substituents is 1. The zero-order valence-electron chi connectivity index (χ0n) is 16.5. The lowest BCUT2D eigenvalue weighted by molar-refractivity contribution is -0.384. The predicted octanol–water partition coefficient (Wildman–Crippen LogP) is 4.92. The molecule has 0 aliphatic heterocycles. The molecule has 0 unspecified atom stereocenters. The highest BCUT2D eigenvalue weighted by Gasteiger charge is 2.14. The van der Waals surface area contributed by atoms with E-state index in [9.17, 15) is 14.9 Å². The van der Waals surface area contributed by atoms with E-state index in [0.717, 1.165) is 24.1 Å². The summed E-state index contributed by atoms with van der Waals surface area (Å²) >= 11 is 1.37. The average molecular weight is 423 g/mol. The van der Waals surface area contributed by atoms with E-state index in [1.54, 1.807) is 6.92 Å². The number of thiazole rings is 1. The number of hydrogen-bond donors (Lipinski definition) is 1. The molecule has 1 aliphatic rings. The summed E-state index contributed by atoms with van der Waals surface area (Å²) in [7, 11) is 0. The monoisotopic (exact) mass is 423 g/mol. The molecule has 30 heavy (non-hydrogen) atoms. The van der Waals surface area contributed by atoms with Crippen LogP contribution in [0.3, 0.4) is 0 Å². The number of nitro groups is 1. The van der Waals surface area contributed by atoms with Gasteiger partial charge in [-0.2, -0.15) is 0 Å². The smallest absolute Gasteiger partial charge is 0.269 e. The summed E-state index contributed by atoms with van der Waals surface area (Å²) < 4.78 is 5.50. The number of rotatable bonds is 6. The van der Waals surface area contributed by atoms with Gasteiger partial charge < -0.3 is 4.74 Å². The van der Waals surface area contributed by atoms with Crippen molar-refractivity contribution in [2.24, 2.45) is 0 Å². The van der Waals surface area contributed by atoms with Crippen LogP contribution in [0.5, 0.6) is 5.75 Å². The third-order valence-electron chi connectivity index (χ3n) is 5.12. The van der Waals surface area contributed by atoms with Crippen LogP contribution in [0.1, 0.15) is 29.5 Å². The van der Waals surface area contributed by atoms with Crippen molar-refractivity contribution >= 4 is 28.1 Å². The Morgan fingerprint density at radius 1 is 1.20 bits per heavy atom. The largest absolute Gasteiger partial charge is 0.483 e. The predicted molar refractivity (Wildman–Crippen MR) is 116 cm³/mol. The number of ether oxygens (including phenoxy) is 1. The van der Waals surface area contributed by atoms with Crippen LogP contribution in [0.2, 0.25) is 0 Å². The number of nitrogens with one attached hydrogen (secondary N) is 1. The van der Waals surface area contributed by atoms with Gasteiger partial charge >= 0.3 is 0 Å². The fourth-order valence-electron chi connectivity index (χ4n) is 3.56. The lowest BCUT2D eigenvalue weighted by Crippen LogP contribution is -2.20. The number of carbonyl (C=O) groups is 1. The van der Waals surface area contributed by atoms with Gasteiger partial charge in [0.2, 0.25) is 0 Å². The fraction of sp³-hybridized carbons (Fsp3) is 0.273. The minimum atomic E-state index is -0.466. The highest BCUT2D eigenvalue weighted by atomic mass is 32.1. The number of aryl methyl sites for hydroxylation is 3. The average Bonchev–Trinajstić information content (AvgIpc) is 3.20. The first-order valence-electron chi connectivity index (χ1n) is 9.75. The van der Waals surface area contributed by atoms with Crippen molar-refractivity contribution in [3.63, 3.8) is 0 Å². The Balaban J connectivity index is 1.37. The molecule has 0 saturated heterocycles. The molecule has 1 heterocycles. The van der Waals surface area contributed by atoms with Crippen LogP contribution in [0, 0.1) is 17.0 Å².